The summed E-state index contributed by atoms with van der Waals surface area (Å²) >= 11 is 0. The van der Waals surface area contributed by atoms with Gasteiger partial charge in [-0.3, -0.25) is 9.58 Å². The molecule has 0 atom stereocenters. The molecule has 1 aliphatic heterocycles. The lowest BCUT2D eigenvalue weighted by Gasteiger charge is -2.30. The van der Waals surface area contributed by atoms with Crippen LogP contribution in [-0.2, 0) is 13.6 Å². The van der Waals surface area contributed by atoms with Crippen LogP contribution in [0.2, 0.25) is 0 Å². The van der Waals surface area contributed by atoms with Crippen LogP contribution in [0.15, 0.2) is 0 Å². The molecule has 0 amide bonds. The van der Waals surface area contributed by atoms with Crippen LogP contribution in [0.5, 0.6) is 0 Å². The molecule has 1 saturated heterocycles. The molecule has 96 valence electrons. The van der Waals surface area contributed by atoms with E-state index >= 15 is 0 Å². The number of nitrogens with one attached hydrogen (secondary N) is 1. The van der Waals surface area contributed by atoms with Crippen molar-refractivity contribution in [3.63, 3.8) is 0 Å². The third-order valence-electron chi connectivity index (χ3n) is 3.74. The quantitative estimate of drug-likeness (QED) is 0.613. The maximum absolute atomic E-state index is 5.56. The van der Waals surface area contributed by atoms with E-state index in [0.29, 0.717) is 0 Å². The number of nitrogens with zero attached hydrogens (tertiary/aromatic N) is 3. The summed E-state index contributed by atoms with van der Waals surface area (Å²) in [5, 5.41) is 4.41. The molecule has 2 rings (SSSR count). The van der Waals surface area contributed by atoms with Crippen molar-refractivity contribution in [1.82, 2.24) is 14.7 Å². The van der Waals surface area contributed by atoms with E-state index in [1.165, 1.54) is 31.5 Å². The number of nitrogens with two attached hydrogens (primary N) is 1. The second-order valence-corrected chi connectivity index (χ2v) is 5.14. The van der Waals surface area contributed by atoms with Crippen molar-refractivity contribution in [2.24, 2.45) is 18.8 Å². The molecule has 1 fully saturated rings. The topological polar surface area (TPSA) is 59.1 Å². The second kappa shape index (κ2) is 5.06. The molecule has 0 spiro atoms. The molecule has 0 radical (unpaired) electrons. The smallest absolute Gasteiger partial charge is 0.142 e. The molecule has 17 heavy (non-hydrogen) atoms. The van der Waals surface area contributed by atoms with E-state index < -0.39 is 0 Å². The predicted molar refractivity (Wildman–Crippen MR) is 69.4 cm³/mol. The van der Waals surface area contributed by atoms with Gasteiger partial charge in [0.15, 0.2) is 0 Å². The van der Waals surface area contributed by atoms with Crippen LogP contribution in [0.1, 0.15) is 31.0 Å². The standard InChI is InChI=1S/C12H23N5/c1-9-4-6-17(7-5-9)8-11-10(2)15-16(3)12(11)14-13/h9,14H,4-8,13H2,1-3H3. The average Bonchev–Trinajstić information content (AvgIpc) is 2.57. The molecule has 1 aromatic rings. The number of anilines is 1. The van der Waals surface area contributed by atoms with E-state index in [-0.39, 0.29) is 0 Å². The molecule has 0 aromatic carbocycles. The van der Waals surface area contributed by atoms with E-state index in [9.17, 15) is 0 Å². The largest absolute Gasteiger partial charge is 0.308 e. The number of hydrazine groups is 1. The molecule has 0 unspecified atom stereocenters. The summed E-state index contributed by atoms with van der Waals surface area (Å²) in [5.41, 5.74) is 5.05. The first-order valence-electron chi connectivity index (χ1n) is 6.33. The third kappa shape index (κ3) is 2.61. The van der Waals surface area contributed by atoms with Crippen LogP contribution in [0.4, 0.5) is 5.82 Å². The fourth-order valence-corrected chi connectivity index (χ4v) is 2.52. The number of aryl methyl sites for hydroxylation is 2. The Morgan fingerprint density at radius 2 is 2.06 bits per heavy atom. The Bertz CT molecular complexity index is 376. The Hall–Kier alpha value is -1.07. The van der Waals surface area contributed by atoms with Crippen molar-refractivity contribution in [1.29, 1.82) is 0 Å². The summed E-state index contributed by atoms with van der Waals surface area (Å²) in [4.78, 5) is 2.49. The molecule has 3 N–H and O–H groups in total. The molecule has 0 bridgehead atoms. The number of hydrogen-bond acceptors (Lipinski definition) is 4. The minimum Gasteiger partial charge on any atom is -0.308 e. The highest BCUT2D eigenvalue weighted by Crippen LogP contribution is 2.23. The van der Waals surface area contributed by atoms with Crippen molar-refractivity contribution in [3.8, 4) is 0 Å². The fourth-order valence-electron chi connectivity index (χ4n) is 2.52. The van der Waals surface area contributed by atoms with Crippen molar-refractivity contribution < 1.29 is 0 Å². The van der Waals surface area contributed by atoms with Gasteiger partial charge in [0.25, 0.3) is 0 Å². The first-order chi connectivity index (χ1) is 8.11. The Kier molecular flexibility index (Phi) is 3.69. The second-order valence-electron chi connectivity index (χ2n) is 5.14. The molecule has 1 aromatic heterocycles. The van der Waals surface area contributed by atoms with Gasteiger partial charge in [-0.05, 0) is 38.8 Å². The predicted octanol–water partition coefficient (Wildman–Crippen LogP) is 1.25. The van der Waals surface area contributed by atoms with E-state index in [4.69, 9.17) is 5.84 Å². The van der Waals surface area contributed by atoms with Gasteiger partial charge in [-0.15, -0.1) is 0 Å². The van der Waals surface area contributed by atoms with E-state index in [0.717, 1.165) is 24.0 Å². The number of nitrogen functional groups attached to an aromatic ring is 1. The molecule has 1 aliphatic rings. The van der Waals surface area contributed by atoms with E-state index in [1.807, 2.05) is 18.7 Å². The zero-order valence-corrected chi connectivity index (χ0v) is 11.0. The summed E-state index contributed by atoms with van der Waals surface area (Å²) in [6.45, 7) is 7.69. The molecule has 5 nitrogen and oxygen atoms in total. The van der Waals surface area contributed by atoms with E-state index in [2.05, 4.69) is 22.3 Å². The highest BCUT2D eigenvalue weighted by Gasteiger charge is 2.19. The lowest BCUT2D eigenvalue weighted by molar-refractivity contribution is 0.185. The van der Waals surface area contributed by atoms with Crippen LogP contribution >= 0.6 is 0 Å². The van der Waals surface area contributed by atoms with Crippen LogP contribution < -0.4 is 11.3 Å². The summed E-state index contributed by atoms with van der Waals surface area (Å²) < 4.78 is 1.82. The number of likely N-dealkylation sites (tertiary alicyclic amines) is 1. The molecule has 2 heterocycles. The number of rotatable bonds is 3. The van der Waals surface area contributed by atoms with Crippen LogP contribution in [0.25, 0.3) is 0 Å². The highest BCUT2D eigenvalue weighted by atomic mass is 15.4. The summed E-state index contributed by atoms with van der Waals surface area (Å²) in [6.07, 6.45) is 2.59. The number of hydrogen-bond donors (Lipinski definition) is 2. The number of aromatic nitrogens is 2. The summed E-state index contributed by atoms with van der Waals surface area (Å²) in [7, 11) is 1.92. The lowest BCUT2D eigenvalue weighted by atomic mass is 9.99. The zero-order chi connectivity index (χ0) is 12.4. The van der Waals surface area contributed by atoms with Gasteiger partial charge >= 0.3 is 0 Å². The van der Waals surface area contributed by atoms with Crippen LogP contribution in [0.3, 0.4) is 0 Å². The molecule has 5 heteroatoms. The van der Waals surface area contributed by atoms with Crippen molar-refractivity contribution in [3.05, 3.63) is 11.3 Å². The minimum absolute atomic E-state index is 0.869. The highest BCUT2D eigenvalue weighted by molar-refractivity contribution is 5.46. The molecular weight excluding hydrogens is 214 g/mol. The maximum atomic E-state index is 5.56. The molecule has 0 aliphatic carbocycles. The molecule has 0 saturated carbocycles. The maximum Gasteiger partial charge on any atom is 0.142 e. The van der Waals surface area contributed by atoms with Crippen molar-refractivity contribution in [2.75, 3.05) is 18.5 Å². The van der Waals surface area contributed by atoms with E-state index in [1.54, 1.807) is 0 Å². The van der Waals surface area contributed by atoms with Gasteiger partial charge in [-0.1, -0.05) is 6.92 Å². The summed E-state index contributed by atoms with van der Waals surface area (Å²) in [5.74, 6) is 7.36. The minimum atomic E-state index is 0.869. The SMILES string of the molecule is Cc1nn(C)c(NN)c1CN1CCC(C)CC1. The Morgan fingerprint density at radius 1 is 1.41 bits per heavy atom. The Morgan fingerprint density at radius 3 is 2.65 bits per heavy atom. The number of piperidine rings is 1. The lowest BCUT2D eigenvalue weighted by Crippen LogP contribution is -2.32. The van der Waals surface area contributed by atoms with Crippen molar-refractivity contribution >= 4 is 5.82 Å². The first kappa shape index (κ1) is 12.4. The first-order valence-corrected chi connectivity index (χ1v) is 6.33. The van der Waals surface area contributed by atoms with Gasteiger partial charge < -0.3 is 5.43 Å². The average molecular weight is 237 g/mol. The zero-order valence-electron chi connectivity index (χ0n) is 11.0. The fraction of sp³-hybridized carbons (Fsp3) is 0.750. The van der Waals surface area contributed by atoms with Gasteiger partial charge in [-0.2, -0.15) is 5.10 Å². The van der Waals surface area contributed by atoms with Crippen LogP contribution in [0, 0.1) is 12.8 Å². The monoisotopic (exact) mass is 237 g/mol. The van der Waals surface area contributed by atoms with Gasteiger partial charge in [0.1, 0.15) is 5.82 Å². The molecular formula is C12H23N5. The Labute approximate surface area is 103 Å². The van der Waals surface area contributed by atoms with Crippen LogP contribution in [-0.4, -0.2) is 27.8 Å². The summed E-state index contributed by atoms with van der Waals surface area (Å²) in [6, 6.07) is 0. The third-order valence-corrected chi connectivity index (χ3v) is 3.74. The van der Waals surface area contributed by atoms with Gasteiger partial charge in [0, 0.05) is 19.2 Å². The van der Waals surface area contributed by atoms with Gasteiger partial charge in [-0.25, -0.2) is 5.84 Å². The van der Waals surface area contributed by atoms with Crippen molar-refractivity contribution in [2.45, 2.75) is 33.2 Å². The normalized spacial score (nSPS) is 18.6. The van der Waals surface area contributed by atoms with Gasteiger partial charge in [0.05, 0.1) is 5.69 Å². The van der Waals surface area contributed by atoms with Gasteiger partial charge in [0.2, 0.25) is 0 Å². The Balaban J connectivity index is 2.08.